The summed E-state index contributed by atoms with van der Waals surface area (Å²) in [5, 5.41) is 11.9. The van der Waals surface area contributed by atoms with Crippen LogP contribution in [0.3, 0.4) is 0 Å². The van der Waals surface area contributed by atoms with E-state index in [1.165, 1.54) is 11.8 Å². The highest BCUT2D eigenvalue weighted by Gasteiger charge is 2.26. The Hall–Kier alpha value is -3.64. The van der Waals surface area contributed by atoms with Gasteiger partial charge in [0.05, 0.1) is 22.8 Å². The van der Waals surface area contributed by atoms with E-state index >= 15 is 0 Å². The van der Waals surface area contributed by atoms with Gasteiger partial charge in [0.1, 0.15) is 10.8 Å². The molecule has 0 aliphatic carbocycles. The van der Waals surface area contributed by atoms with Gasteiger partial charge < -0.3 is 20.5 Å². The Labute approximate surface area is 223 Å². The predicted octanol–water partition coefficient (Wildman–Crippen LogP) is 4.29. The van der Waals surface area contributed by atoms with Crippen LogP contribution >= 0.6 is 23.1 Å². The first-order chi connectivity index (χ1) is 17.7. The predicted molar refractivity (Wildman–Crippen MR) is 143 cm³/mol. The average Bonchev–Trinajstić information content (AvgIpc) is 3.40. The minimum absolute atomic E-state index is 0.0202. The number of thiophene rings is 1. The Morgan fingerprint density at radius 2 is 1.95 bits per heavy atom. The molecule has 0 fully saturated rings. The molecule has 1 atom stereocenters. The first-order valence-corrected chi connectivity index (χ1v) is 13.3. The lowest BCUT2D eigenvalue weighted by atomic mass is 10.1. The molecule has 2 heterocycles. The number of hydrogen-bond donors (Lipinski definition) is 2. The van der Waals surface area contributed by atoms with E-state index in [2.05, 4.69) is 22.1 Å². The van der Waals surface area contributed by atoms with Crippen LogP contribution in [0.25, 0.3) is 0 Å². The third-order valence-electron chi connectivity index (χ3n) is 5.19. The lowest BCUT2D eigenvalue weighted by Gasteiger charge is -2.16. The Kier molecular flexibility index (Phi) is 9.48. The molecule has 0 saturated carbocycles. The van der Waals surface area contributed by atoms with E-state index in [1.54, 1.807) is 19.9 Å². The average molecular weight is 544 g/mol. The van der Waals surface area contributed by atoms with E-state index in [0.29, 0.717) is 28.8 Å². The third-order valence-corrected chi connectivity index (χ3v) is 7.38. The molecule has 10 nitrogen and oxygen atoms in total. The number of ether oxygens (including phenoxy) is 2. The monoisotopic (exact) mass is 543 g/mol. The van der Waals surface area contributed by atoms with Crippen molar-refractivity contribution in [3.8, 4) is 5.75 Å². The molecule has 2 aromatic heterocycles. The van der Waals surface area contributed by atoms with Gasteiger partial charge in [-0.25, -0.2) is 4.79 Å². The first kappa shape index (κ1) is 27.9. The summed E-state index contributed by atoms with van der Waals surface area (Å²) in [6, 6.07) is 7.71. The van der Waals surface area contributed by atoms with E-state index in [-0.39, 0.29) is 27.8 Å². The maximum atomic E-state index is 12.8. The molecule has 0 radical (unpaired) electrons. The molecular weight excluding hydrogens is 514 g/mol. The van der Waals surface area contributed by atoms with Gasteiger partial charge in [0.15, 0.2) is 17.1 Å². The highest BCUT2D eigenvalue weighted by molar-refractivity contribution is 7.99. The van der Waals surface area contributed by atoms with Crippen molar-refractivity contribution in [3.63, 3.8) is 0 Å². The molecule has 1 aromatic carbocycles. The van der Waals surface area contributed by atoms with Gasteiger partial charge in [0.25, 0.3) is 5.91 Å². The van der Waals surface area contributed by atoms with E-state index in [4.69, 9.17) is 15.2 Å². The number of thioether (sulfide) groups is 1. The Morgan fingerprint density at radius 1 is 1.24 bits per heavy atom. The van der Waals surface area contributed by atoms with Crippen molar-refractivity contribution in [1.82, 2.24) is 14.8 Å². The van der Waals surface area contributed by atoms with Gasteiger partial charge in [-0.2, -0.15) is 0 Å². The summed E-state index contributed by atoms with van der Waals surface area (Å²) in [4.78, 5) is 37.2. The fourth-order valence-corrected chi connectivity index (χ4v) is 5.28. The number of aromatic nitrogens is 3. The van der Waals surface area contributed by atoms with Crippen molar-refractivity contribution < 1.29 is 23.9 Å². The number of primary amides is 1. The lowest BCUT2D eigenvalue weighted by molar-refractivity contribution is -0.113. The van der Waals surface area contributed by atoms with Gasteiger partial charge in [-0.1, -0.05) is 35.5 Å². The number of rotatable bonds is 12. The molecule has 0 aliphatic heterocycles. The van der Waals surface area contributed by atoms with Gasteiger partial charge in [0, 0.05) is 6.54 Å². The van der Waals surface area contributed by atoms with Crippen molar-refractivity contribution in [2.75, 3.05) is 17.7 Å². The standard InChI is InChI=1S/C25H29N5O5S2/c1-6-12-30-22(16(5)35-17-10-8-14(3)9-11-17)28-29-25(30)36-13-18(31)27-23-19(24(33)34-7-2)15(4)20(37-23)21(26)32/h6,8-11,16H,1,7,12-13H2,2-5H3,(H2,26,32)(H,27,31). The van der Waals surface area contributed by atoms with Crippen LogP contribution in [0.15, 0.2) is 42.1 Å². The number of carbonyl (C=O) groups excluding carboxylic acids is 3. The summed E-state index contributed by atoms with van der Waals surface area (Å²) in [5.74, 6) is -0.439. The summed E-state index contributed by atoms with van der Waals surface area (Å²) in [6.45, 7) is 11.5. The summed E-state index contributed by atoms with van der Waals surface area (Å²) in [7, 11) is 0. The quantitative estimate of drug-likeness (QED) is 0.196. The van der Waals surface area contributed by atoms with E-state index in [1.807, 2.05) is 42.7 Å². The number of nitrogens with zero attached hydrogens (tertiary/aromatic N) is 3. The number of nitrogens with one attached hydrogen (secondary N) is 1. The number of esters is 1. The molecule has 2 amide bonds. The van der Waals surface area contributed by atoms with Crippen LogP contribution in [0.5, 0.6) is 5.75 Å². The molecule has 0 aliphatic rings. The number of aryl methyl sites for hydroxylation is 1. The van der Waals surface area contributed by atoms with Gasteiger partial charge in [-0.15, -0.1) is 28.1 Å². The summed E-state index contributed by atoms with van der Waals surface area (Å²) < 4.78 is 12.9. The molecule has 37 heavy (non-hydrogen) atoms. The second kappa shape index (κ2) is 12.5. The molecule has 196 valence electrons. The van der Waals surface area contributed by atoms with Gasteiger partial charge in [-0.05, 0) is 45.4 Å². The van der Waals surface area contributed by atoms with Crippen molar-refractivity contribution >= 4 is 45.9 Å². The molecule has 3 aromatic rings. The minimum atomic E-state index is -0.685. The maximum absolute atomic E-state index is 12.8. The van der Waals surface area contributed by atoms with Crippen LogP contribution in [0.1, 0.15) is 56.9 Å². The highest BCUT2D eigenvalue weighted by atomic mass is 32.2. The molecular formula is C25H29N5O5S2. The van der Waals surface area contributed by atoms with E-state index < -0.39 is 23.9 Å². The summed E-state index contributed by atoms with van der Waals surface area (Å²) in [5.41, 5.74) is 7.05. The first-order valence-electron chi connectivity index (χ1n) is 11.5. The van der Waals surface area contributed by atoms with Gasteiger partial charge in [0.2, 0.25) is 5.91 Å². The van der Waals surface area contributed by atoms with E-state index in [9.17, 15) is 14.4 Å². The molecule has 0 spiro atoms. The SMILES string of the molecule is C=CCn1c(SCC(=O)Nc2sc(C(N)=O)c(C)c2C(=O)OCC)nnc1C(C)Oc1ccc(C)cc1. The van der Waals surface area contributed by atoms with Crippen LogP contribution in [0.2, 0.25) is 0 Å². The maximum Gasteiger partial charge on any atom is 0.341 e. The lowest BCUT2D eigenvalue weighted by Crippen LogP contribution is -2.17. The molecule has 3 N–H and O–H groups in total. The van der Waals surface area contributed by atoms with Crippen LogP contribution in [0, 0.1) is 13.8 Å². The van der Waals surface area contributed by atoms with Crippen molar-refractivity contribution in [1.29, 1.82) is 0 Å². The largest absolute Gasteiger partial charge is 0.483 e. The Morgan fingerprint density at radius 3 is 2.57 bits per heavy atom. The van der Waals surface area contributed by atoms with Crippen LogP contribution in [-0.4, -0.2) is 44.9 Å². The normalized spacial score (nSPS) is 11.6. The zero-order chi connectivity index (χ0) is 27.1. The van der Waals surface area contributed by atoms with E-state index in [0.717, 1.165) is 16.9 Å². The summed E-state index contributed by atoms with van der Waals surface area (Å²) >= 11 is 2.11. The zero-order valence-corrected chi connectivity index (χ0v) is 22.7. The topological polar surface area (TPSA) is 138 Å². The molecule has 0 saturated heterocycles. The second-order valence-corrected chi connectivity index (χ2v) is 9.96. The minimum Gasteiger partial charge on any atom is -0.483 e. The second-order valence-electron chi connectivity index (χ2n) is 8.00. The van der Waals surface area contributed by atoms with Crippen LogP contribution in [-0.2, 0) is 16.1 Å². The molecule has 3 rings (SSSR count). The van der Waals surface area contributed by atoms with Crippen molar-refractivity contribution in [3.05, 3.63) is 64.3 Å². The third kappa shape index (κ3) is 6.77. The van der Waals surface area contributed by atoms with Crippen LogP contribution < -0.4 is 15.8 Å². The molecule has 0 bridgehead atoms. The number of nitrogens with two attached hydrogens (primary N) is 1. The highest BCUT2D eigenvalue weighted by Crippen LogP contribution is 2.34. The number of anilines is 1. The fourth-order valence-electron chi connectivity index (χ4n) is 3.46. The Bertz CT molecular complexity index is 1300. The number of benzene rings is 1. The summed E-state index contributed by atoms with van der Waals surface area (Å²) in [6.07, 6.45) is 1.31. The van der Waals surface area contributed by atoms with Crippen LogP contribution in [0.4, 0.5) is 5.00 Å². The van der Waals surface area contributed by atoms with Gasteiger partial charge >= 0.3 is 5.97 Å². The number of carbonyl (C=O) groups is 3. The van der Waals surface area contributed by atoms with Crippen molar-refractivity contribution in [2.24, 2.45) is 5.73 Å². The smallest absolute Gasteiger partial charge is 0.341 e. The number of amides is 2. The molecule has 12 heteroatoms. The van der Waals surface area contributed by atoms with Gasteiger partial charge in [-0.3, -0.25) is 14.2 Å². The number of allylic oxidation sites excluding steroid dienone is 1. The fraction of sp³-hybridized carbons (Fsp3) is 0.320. The molecule has 1 unspecified atom stereocenters. The Balaban J connectivity index is 1.74. The van der Waals surface area contributed by atoms with Crippen molar-refractivity contribution in [2.45, 2.75) is 45.5 Å². The number of hydrogen-bond acceptors (Lipinski definition) is 9. The zero-order valence-electron chi connectivity index (χ0n) is 21.1.